The van der Waals surface area contributed by atoms with Crippen LogP contribution < -0.4 is 0 Å². The van der Waals surface area contributed by atoms with Gasteiger partial charge in [-0.1, -0.05) is 38.5 Å². The monoisotopic (exact) mass is 253 g/mol. The first-order valence-corrected chi connectivity index (χ1v) is 7.25. The Bertz CT molecular complexity index is 511. The molecule has 1 aromatic carbocycles. The highest BCUT2D eigenvalue weighted by molar-refractivity contribution is 7.89. The van der Waals surface area contributed by atoms with Crippen molar-refractivity contribution in [3.63, 3.8) is 0 Å². The molecule has 94 valence electrons. The fraction of sp³-hybridized carbons (Fsp3) is 0.538. The first-order chi connectivity index (χ1) is 7.73. The van der Waals surface area contributed by atoms with Crippen molar-refractivity contribution in [1.29, 1.82) is 0 Å². The molecule has 0 saturated carbocycles. The Balaban J connectivity index is 2.25. The highest BCUT2D eigenvalue weighted by Gasteiger charge is 2.50. The van der Waals surface area contributed by atoms with E-state index in [1.807, 2.05) is 19.1 Å². The van der Waals surface area contributed by atoms with Crippen LogP contribution in [0.2, 0.25) is 0 Å². The molecule has 0 amide bonds. The van der Waals surface area contributed by atoms with Crippen LogP contribution in [0.15, 0.2) is 29.2 Å². The van der Waals surface area contributed by atoms with Gasteiger partial charge in [-0.3, -0.25) is 0 Å². The summed E-state index contributed by atoms with van der Waals surface area (Å²) in [4.78, 5) is 0.398. The van der Waals surface area contributed by atoms with Crippen LogP contribution in [-0.4, -0.2) is 25.3 Å². The van der Waals surface area contributed by atoms with Crippen LogP contribution >= 0.6 is 0 Å². The summed E-state index contributed by atoms with van der Waals surface area (Å²) in [5.41, 5.74) is 1.08. The van der Waals surface area contributed by atoms with Gasteiger partial charge in [0, 0.05) is 12.6 Å². The first kappa shape index (κ1) is 12.6. The Hall–Kier alpha value is -0.870. The molecule has 1 saturated heterocycles. The summed E-state index contributed by atoms with van der Waals surface area (Å²) < 4.78 is 26.2. The van der Waals surface area contributed by atoms with Gasteiger partial charge in [0.05, 0.1) is 4.90 Å². The van der Waals surface area contributed by atoms with E-state index in [4.69, 9.17) is 0 Å². The molecule has 0 bridgehead atoms. The fourth-order valence-corrected chi connectivity index (χ4v) is 3.68. The van der Waals surface area contributed by atoms with Gasteiger partial charge in [-0.2, -0.15) is 4.31 Å². The molecule has 0 spiro atoms. The summed E-state index contributed by atoms with van der Waals surface area (Å²) in [6.07, 6.45) is 0. The number of sulfonamides is 1. The van der Waals surface area contributed by atoms with Gasteiger partial charge in [0.15, 0.2) is 0 Å². The standard InChI is InChI=1S/C13H19NO2S/c1-10-5-7-11(8-6-10)17(15,16)14-9-12(14)13(2,3)4/h5-8,12H,9H2,1-4H3/t12-,14?/m1/s1. The van der Waals surface area contributed by atoms with Crippen molar-refractivity contribution in [2.75, 3.05) is 6.54 Å². The van der Waals surface area contributed by atoms with E-state index in [1.165, 1.54) is 0 Å². The number of hydrogen-bond acceptors (Lipinski definition) is 2. The number of nitrogens with zero attached hydrogens (tertiary/aromatic N) is 1. The minimum atomic E-state index is -3.28. The molecular formula is C13H19NO2S. The highest BCUT2D eigenvalue weighted by Crippen LogP contribution is 2.39. The van der Waals surface area contributed by atoms with Crippen molar-refractivity contribution in [1.82, 2.24) is 4.31 Å². The fourth-order valence-electron chi connectivity index (χ4n) is 1.94. The largest absolute Gasteiger partial charge is 0.243 e. The summed E-state index contributed by atoms with van der Waals surface area (Å²) >= 11 is 0. The molecule has 2 rings (SSSR count). The second-order valence-electron chi connectivity index (χ2n) is 5.77. The van der Waals surface area contributed by atoms with E-state index < -0.39 is 10.0 Å². The van der Waals surface area contributed by atoms with Gasteiger partial charge in [-0.15, -0.1) is 0 Å². The SMILES string of the molecule is Cc1ccc(S(=O)(=O)N2C[C@@H]2C(C)(C)C)cc1. The van der Waals surface area contributed by atoms with Gasteiger partial charge >= 0.3 is 0 Å². The molecule has 0 aliphatic carbocycles. The summed E-state index contributed by atoms with van der Waals surface area (Å²) in [7, 11) is -3.28. The van der Waals surface area contributed by atoms with Crippen molar-refractivity contribution in [2.24, 2.45) is 5.41 Å². The van der Waals surface area contributed by atoms with Crippen LogP contribution in [0.4, 0.5) is 0 Å². The topological polar surface area (TPSA) is 37.1 Å². The Morgan fingerprint density at radius 1 is 1.18 bits per heavy atom. The predicted molar refractivity (Wildman–Crippen MR) is 68.3 cm³/mol. The average molecular weight is 253 g/mol. The van der Waals surface area contributed by atoms with E-state index in [1.54, 1.807) is 16.4 Å². The zero-order valence-electron chi connectivity index (χ0n) is 10.8. The van der Waals surface area contributed by atoms with Crippen molar-refractivity contribution in [2.45, 2.75) is 38.6 Å². The Labute approximate surface area is 104 Å². The number of hydrogen-bond donors (Lipinski definition) is 0. The van der Waals surface area contributed by atoms with Crippen LogP contribution in [0.1, 0.15) is 26.3 Å². The molecule has 17 heavy (non-hydrogen) atoms. The van der Waals surface area contributed by atoms with E-state index in [0.29, 0.717) is 11.4 Å². The maximum Gasteiger partial charge on any atom is 0.243 e. The summed E-state index contributed by atoms with van der Waals surface area (Å²) in [5, 5.41) is 0. The number of benzene rings is 1. The Kier molecular flexibility index (Phi) is 2.83. The van der Waals surface area contributed by atoms with E-state index in [2.05, 4.69) is 20.8 Å². The third kappa shape index (κ3) is 2.38. The lowest BCUT2D eigenvalue weighted by Crippen LogP contribution is -2.23. The summed E-state index contributed by atoms with van der Waals surface area (Å²) in [6.45, 7) is 8.80. The van der Waals surface area contributed by atoms with E-state index >= 15 is 0 Å². The van der Waals surface area contributed by atoms with Crippen LogP contribution in [0.25, 0.3) is 0 Å². The summed E-state index contributed by atoms with van der Waals surface area (Å²) in [6, 6.07) is 7.17. The Morgan fingerprint density at radius 2 is 1.71 bits per heavy atom. The van der Waals surface area contributed by atoms with E-state index in [9.17, 15) is 8.42 Å². The molecule has 1 heterocycles. The molecule has 1 unspecified atom stereocenters. The average Bonchev–Trinajstić information content (AvgIpc) is 2.96. The third-order valence-electron chi connectivity index (χ3n) is 3.19. The zero-order valence-corrected chi connectivity index (χ0v) is 11.6. The van der Waals surface area contributed by atoms with Gasteiger partial charge in [0.1, 0.15) is 0 Å². The minimum absolute atomic E-state index is 0.0117. The lowest BCUT2D eigenvalue weighted by Gasteiger charge is -2.18. The molecule has 1 aliphatic rings. The van der Waals surface area contributed by atoms with Crippen molar-refractivity contribution < 1.29 is 8.42 Å². The molecule has 1 fully saturated rings. The van der Waals surface area contributed by atoms with Crippen molar-refractivity contribution in [3.8, 4) is 0 Å². The predicted octanol–water partition coefficient (Wildman–Crippen LogP) is 2.41. The minimum Gasteiger partial charge on any atom is -0.207 e. The quantitative estimate of drug-likeness (QED) is 0.759. The Morgan fingerprint density at radius 3 is 2.12 bits per heavy atom. The van der Waals surface area contributed by atoms with E-state index in [-0.39, 0.29) is 11.5 Å². The lowest BCUT2D eigenvalue weighted by molar-refractivity contribution is 0.370. The lowest BCUT2D eigenvalue weighted by atomic mass is 9.92. The van der Waals surface area contributed by atoms with Gasteiger partial charge in [0.2, 0.25) is 10.0 Å². The maximum absolute atomic E-state index is 12.3. The molecular weight excluding hydrogens is 234 g/mol. The maximum atomic E-state index is 12.3. The molecule has 0 aromatic heterocycles. The molecule has 4 heteroatoms. The van der Waals surface area contributed by atoms with Gasteiger partial charge in [0.25, 0.3) is 0 Å². The van der Waals surface area contributed by atoms with Crippen LogP contribution in [0.5, 0.6) is 0 Å². The first-order valence-electron chi connectivity index (χ1n) is 5.81. The molecule has 0 N–H and O–H groups in total. The van der Waals surface area contributed by atoms with Crippen molar-refractivity contribution >= 4 is 10.0 Å². The van der Waals surface area contributed by atoms with Crippen LogP contribution in [0, 0.1) is 12.3 Å². The zero-order chi connectivity index (χ0) is 12.8. The molecule has 1 aromatic rings. The third-order valence-corrected chi connectivity index (χ3v) is 5.08. The highest BCUT2D eigenvalue weighted by atomic mass is 32.2. The molecule has 2 atom stereocenters. The summed E-state index contributed by atoms with van der Waals surface area (Å²) in [5.74, 6) is 0. The second kappa shape index (κ2) is 3.82. The molecule has 0 radical (unpaired) electrons. The van der Waals surface area contributed by atoms with Crippen LogP contribution in [-0.2, 0) is 10.0 Å². The normalized spacial score (nSPS) is 24.7. The van der Waals surface area contributed by atoms with Gasteiger partial charge in [-0.25, -0.2) is 8.42 Å². The molecule has 3 nitrogen and oxygen atoms in total. The number of aryl methyl sites for hydroxylation is 1. The van der Waals surface area contributed by atoms with Gasteiger partial charge < -0.3 is 0 Å². The van der Waals surface area contributed by atoms with Crippen LogP contribution in [0.3, 0.4) is 0 Å². The number of rotatable bonds is 2. The smallest absolute Gasteiger partial charge is 0.207 e. The van der Waals surface area contributed by atoms with Gasteiger partial charge in [-0.05, 0) is 24.5 Å². The van der Waals surface area contributed by atoms with E-state index in [0.717, 1.165) is 5.56 Å². The van der Waals surface area contributed by atoms with Crippen molar-refractivity contribution in [3.05, 3.63) is 29.8 Å². The molecule has 1 aliphatic heterocycles. The second-order valence-corrected chi connectivity index (χ2v) is 7.66.